The highest BCUT2D eigenvalue weighted by Crippen LogP contribution is 2.29. The van der Waals surface area contributed by atoms with Crippen LogP contribution in [0.3, 0.4) is 0 Å². The van der Waals surface area contributed by atoms with Crippen molar-refractivity contribution in [1.29, 1.82) is 0 Å². The Bertz CT molecular complexity index is 474. The highest BCUT2D eigenvalue weighted by Gasteiger charge is 2.37. The van der Waals surface area contributed by atoms with E-state index in [1.54, 1.807) is 0 Å². The molecule has 1 aliphatic heterocycles. The molecule has 5 nitrogen and oxygen atoms in total. The van der Waals surface area contributed by atoms with Crippen LogP contribution in [0.2, 0.25) is 0 Å². The molecule has 1 atom stereocenters. The molecule has 0 spiro atoms. The van der Waals surface area contributed by atoms with Gasteiger partial charge in [0.2, 0.25) is 11.8 Å². The van der Waals surface area contributed by atoms with E-state index in [1.165, 1.54) is 0 Å². The Balaban J connectivity index is 1.55. The molecule has 1 fully saturated rings. The lowest BCUT2D eigenvalue weighted by molar-refractivity contribution is -0.140. The molecule has 2 heterocycles. The Hall–Kier alpha value is -1.65. The molecule has 1 saturated heterocycles. The van der Waals surface area contributed by atoms with Gasteiger partial charge in [-0.1, -0.05) is 17.3 Å². The van der Waals surface area contributed by atoms with Crippen molar-refractivity contribution in [2.24, 2.45) is 5.92 Å². The lowest BCUT2D eigenvalue weighted by Crippen LogP contribution is -2.50. The van der Waals surface area contributed by atoms with Gasteiger partial charge in [-0.15, -0.1) is 0 Å². The normalized spacial score (nSPS) is 24.1. The van der Waals surface area contributed by atoms with Crippen molar-refractivity contribution in [2.75, 3.05) is 13.1 Å². The molecule has 1 amide bonds. The molecule has 0 radical (unpaired) electrons. The third-order valence-electron chi connectivity index (χ3n) is 3.70. The molecule has 0 bridgehead atoms. The first-order valence-electron chi connectivity index (χ1n) is 6.48. The van der Waals surface area contributed by atoms with Crippen LogP contribution in [0.4, 0.5) is 0 Å². The number of amides is 1. The third kappa shape index (κ3) is 2.05. The van der Waals surface area contributed by atoms with E-state index in [2.05, 4.69) is 22.3 Å². The maximum atomic E-state index is 12.2. The molecule has 0 saturated carbocycles. The predicted molar refractivity (Wildman–Crippen MR) is 64.8 cm³/mol. The minimum absolute atomic E-state index is 0.181. The summed E-state index contributed by atoms with van der Waals surface area (Å²) in [5.74, 6) is 2.02. The molecule has 0 N–H and O–H groups in total. The van der Waals surface area contributed by atoms with E-state index < -0.39 is 0 Å². The SMILES string of the molecule is Cc1noc(C2CN(C(=O)C3CC=CCC3)C2)n1. The average molecular weight is 247 g/mol. The van der Waals surface area contributed by atoms with Gasteiger partial charge in [-0.2, -0.15) is 4.98 Å². The number of likely N-dealkylation sites (tertiary alicyclic amines) is 1. The number of aromatic nitrogens is 2. The number of hydrogen-bond donors (Lipinski definition) is 0. The first-order valence-corrected chi connectivity index (χ1v) is 6.48. The third-order valence-corrected chi connectivity index (χ3v) is 3.70. The number of carbonyl (C=O) groups is 1. The number of aryl methyl sites for hydroxylation is 1. The fraction of sp³-hybridized carbons (Fsp3) is 0.615. The molecule has 96 valence electrons. The average Bonchev–Trinajstić information content (AvgIpc) is 2.75. The van der Waals surface area contributed by atoms with E-state index in [0.717, 1.165) is 32.4 Å². The second-order valence-corrected chi connectivity index (χ2v) is 5.10. The second kappa shape index (κ2) is 4.55. The van der Waals surface area contributed by atoms with E-state index in [-0.39, 0.29) is 17.7 Å². The summed E-state index contributed by atoms with van der Waals surface area (Å²) in [5, 5.41) is 3.78. The van der Waals surface area contributed by atoms with E-state index in [1.807, 2.05) is 11.8 Å². The standard InChI is InChI=1S/C13H17N3O2/c1-9-14-12(18-15-9)11-7-16(8-11)13(17)10-5-3-2-4-6-10/h2-3,10-11H,4-8H2,1H3. The Labute approximate surface area is 106 Å². The van der Waals surface area contributed by atoms with Gasteiger partial charge < -0.3 is 9.42 Å². The fourth-order valence-corrected chi connectivity index (χ4v) is 2.57. The lowest BCUT2D eigenvalue weighted by atomic mass is 9.90. The molecular formula is C13H17N3O2. The minimum Gasteiger partial charge on any atom is -0.341 e. The van der Waals surface area contributed by atoms with Crippen LogP contribution >= 0.6 is 0 Å². The Morgan fingerprint density at radius 2 is 2.28 bits per heavy atom. The van der Waals surface area contributed by atoms with Gasteiger partial charge in [-0.3, -0.25) is 4.79 Å². The largest absolute Gasteiger partial charge is 0.341 e. The van der Waals surface area contributed by atoms with Crippen molar-refractivity contribution >= 4 is 5.91 Å². The number of rotatable bonds is 2. The van der Waals surface area contributed by atoms with Crippen molar-refractivity contribution in [2.45, 2.75) is 32.1 Å². The summed E-state index contributed by atoms with van der Waals surface area (Å²) in [4.78, 5) is 18.3. The van der Waals surface area contributed by atoms with Gasteiger partial charge in [-0.25, -0.2) is 0 Å². The summed E-state index contributed by atoms with van der Waals surface area (Å²) in [6.45, 7) is 3.25. The van der Waals surface area contributed by atoms with Crippen LogP contribution in [0.1, 0.15) is 36.9 Å². The zero-order valence-corrected chi connectivity index (χ0v) is 10.5. The van der Waals surface area contributed by atoms with Crippen molar-refractivity contribution in [3.8, 4) is 0 Å². The number of nitrogens with zero attached hydrogens (tertiary/aromatic N) is 3. The molecule has 0 aromatic carbocycles. The Kier molecular flexibility index (Phi) is 2.89. The zero-order chi connectivity index (χ0) is 12.5. The van der Waals surface area contributed by atoms with Crippen LogP contribution in [-0.2, 0) is 4.79 Å². The summed E-state index contributed by atoms with van der Waals surface area (Å²) in [6.07, 6.45) is 7.17. The number of carbonyl (C=O) groups excluding carboxylic acids is 1. The predicted octanol–water partition coefficient (Wildman–Crippen LogP) is 1.66. The summed E-state index contributed by atoms with van der Waals surface area (Å²) in [7, 11) is 0. The molecule has 1 unspecified atom stereocenters. The van der Waals surface area contributed by atoms with Gasteiger partial charge in [0.05, 0.1) is 5.92 Å². The van der Waals surface area contributed by atoms with Gasteiger partial charge in [0.25, 0.3) is 0 Å². The van der Waals surface area contributed by atoms with E-state index >= 15 is 0 Å². The molecule has 18 heavy (non-hydrogen) atoms. The summed E-state index contributed by atoms with van der Waals surface area (Å²) >= 11 is 0. The maximum Gasteiger partial charge on any atom is 0.233 e. The zero-order valence-electron chi connectivity index (χ0n) is 10.5. The lowest BCUT2D eigenvalue weighted by Gasteiger charge is -2.39. The molecule has 1 aromatic rings. The Morgan fingerprint density at radius 1 is 1.44 bits per heavy atom. The first-order chi connectivity index (χ1) is 8.74. The van der Waals surface area contributed by atoms with Gasteiger partial charge >= 0.3 is 0 Å². The van der Waals surface area contributed by atoms with E-state index in [0.29, 0.717) is 11.7 Å². The van der Waals surface area contributed by atoms with Crippen molar-refractivity contribution in [3.05, 3.63) is 23.9 Å². The van der Waals surface area contributed by atoms with Crippen LogP contribution in [0, 0.1) is 12.8 Å². The van der Waals surface area contributed by atoms with Crippen LogP contribution in [0.5, 0.6) is 0 Å². The van der Waals surface area contributed by atoms with E-state index in [4.69, 9.17) is 4.52 Å². The molecular weight excluding hydrogens is 230 g/mol. The van der Waals surface area contributed by atoms with Crippen molar-refractivity contribution in [1.82, 2.24) is 15.0 Å². The van der Waals surface area contributed by atoms with Crippen LogP contribution in [0.15, 0.2) is 16.7 Å². The molecule has 5 heteroatoms. The van der Waals surface area contributed by atoms with Gasteiger partial charge in [0.15, 0.2) is 5.82 Å². The monoisotopic (exact) mass is 247 g/mol. The minimum atomic E-state index is 0.181. The van der Waals surface area contributed by atoms with Crippen LogP contribution in [0.25, 0.3) is 0 Å². The first kappa shape index (κ1) is 11.4. The maximum absolute atomic E-state index is 12.2. The second-order valence-electron chi connectivity index (χ2n) is 5.10. The quantitative estimate of drug-likeness (QED) is 0.746. The summed E-state index contributed by atoms with van der Waals surface area (Å²) in [5.41, 5.74) is 0. The fourth-order valence-electron chi connectivity index (χ4n) is 2.57. The topological polar surface area (TPSA) is 59.2 Å². The molecule has 1 aliphatic carbocycles. The number of allylic oxidation sites excluding steroid dienone is 2. The highest BCUT2D eigenvalue weighted by atomic mass is 16.5. The van der Waals surface area contributed by atoms with Gasteiger partial charge in [-0.05, 0) is 26.2 Å². The van der Waals surface area contributed by atoms with E-state index in [9.17, 15) is 4.79 Å². The van der Waals surface area contributed by atoms with Crippen molar-refractivity contribution in [3.63, 3.8) is 0 Å². The molecule has 1 aromatic heterocycles. The summed E-state index contributed by atoms with van der Waals surface area (Å²) < 4.78 is 5.13. The number of hydrogen-bond acceptors (Lipinski definition) is 4. The summed E-state index contributed by atoms with van der Waals surface area (Å²) in [6, 6.07) is 0. The van der Waals surface area contributed by atoms with Crippen LogP contribution < -0.4 is 0 Å². The van der Waals surface area contributed by atoms with Gasteiger partial charge in [0.1, 0.15) is 0 Å². The smallest absolute Gasteiger partial charge is 0.233 e. The highest BCUT2D eigenvalue weighted by molar-refractivity contribution is 5.80. The Morgan fingerprint density at radius 3 is 2.89 bits per heavy atom. The molecule has 2 aliphatic rings. The van der Waals surface area contributed by atoms with Gasteiger partial charge in [0, 0.05) is 19.0 Å². The molecule has 3 rings (SSSR count). The van der Waals surface area contributed by atoms with Crippen molar-refractivity contribution < 1.29 is 9.32 Å². The van der Waals surface area contributed by atoms with Crippen LogP contribution in [-0.4, -0.2) is 34.0 Å².